The molecule has 0 atom stereocenters. The first-order chi connectivity index (χ1) is 14.9. The van der Waals surface area contributed by atoms with E-state index in [0.717, 1.165) is 17.0 Å². The molecule has 0 aliphatic rings. The molecule has 1 N–H and O–H groups in total. The maximum atomic E-state index is 12.6. The standard InChI is InChI=1S/C24H22ClN3O3/c1-16-8-9-17(2)28(16)27-24(29)20(14-26)12-18-10-11-22(23(13-18)30-3)31-15-19-6-4-5-7-21(19)25/h4-13H,15H2,1-3H3,(H,27,29)/b20-12-. The van der Waals surface area contributed by atoms with Gasteiger partial charge < -0.3 is 9.47 Å². The molecule has 1 aromatic heterocycles. The molecule has 158 valence electrons. The molecule has 0 unspecified atom stereocenters. The summed E-state index contributed by atoms with van der Waals surface area (Å²) >= 11 is 6.17. The maximum absolute atomic E-state index is 12.6. The first-order valence-corrected chi connectivity index (χ1v) is 9.93. The van der Waals surface area contributed by atoms with Gasteiger partial charge in [0.25, 0.3) is 5.91 Å². The predicted molar refractivity (Wildman–Crippen MR) is 121 cm³/mol. The third-order valence-electron chi connectivity index (χ3n) is 4.69. The first-order valence-electron chi connectivity index (χ1n) is 9.55. The number of amides is 1. The topological polar surface area (TPSA) is 76.3 Å². The Bertz CT molecular complexity index is 1160. The van der Waals surface area contributed by atoms with Crippen molar-refractivity contribution in [3.63, 3.8) is 0 Å². The van der Waals surface area contributed by atoms with Crippen LogP contribution >= 0.6 is 11.6 Å². The van der Waals surface area contributed by atoms with Gasteiger partial charge in [-0.1, -0.05) is 35.9 Å². The first kappa shape index (κ1) is 22.0. The molecule has 0 radical (unpaired) electrons. The van der Waals surface area contributed by atoms with Crippen molar-refractivity contribution in [3.05, 3.63) is 87.7 Å². The van der Waals surface area contributed by atoms with Gasteiger partial charge in [0.05, 0.1) is 7.11 Å². The van der Waals surface area contributed by atoms with Crippen molar-refractivity contribution in [3.8, 4) is 17.6 Å². The molecule has 3 rings (SSSR count). The van der Waals surface area contributed by atoms with Crippen LogP contribution in [0.3, 0.4) is 0 Å². The largest absolute Gasteiger partial charge is 0.493 e. The third-order valence-corrected chi connectivity index (χ3v) is 5.06. The van der Waals surface area contributed by atoms with Gasteiger partial charge in [0, 0.05) is 22.0 Å². The number of methoxy groups -OCH3 is 1. The highest BCUT2D eigenvalue weighted by molar-refractivity contribution is 6.31. The van der Waals surface area contributed by atoms with Gasteiger partial charge in [-0.25, -0.2) is 0 Å². The Kier molecular flexibility index (Phi) is 7.01. The van der Waals surface area contributed by atoms with Crippen molar-refractivity contribution in [2.45, 2.75) is 20.5 Å². The lowest BCUT2D eigenvalue weighted by atomic mass is 10.1. The normalized spacial score (nSPS) is 11.0. The van der Waals surface area contributed by atoms with Gasteiger partial charge >= 0.3 is 0 Å². The van der Waals surface area contributed by atoms with Gasteiger partial charge in [-0.15, -0.1) is 0 Å². The number of halogens is 1. The molecule has 0 saturated carbocycles. The molecule has 31 heavy (non-hydrogen) atoms. The van der Waals surface area contributed by atoms with Crippen molar-refractivity contribution in [2.75, 3.05) is 12.5 Å². The summed E-state index contributed by atoms with van der Waals surface area (Å²) in [7, 11) is 1.53. The van der Waals surface area contributed by atoms with Gasteiger partial charge in [0.1, 0.15) is 18.2 Å². The number of aryl methyl sites for hydroxylation is 2. The predicted octanol–water partition coefficient (Wildman–Crippen LogP) is 5.02. The molecular weight excluding hydrogens is 414 g/mol. The van der Waals surface area contributed by atoms with Crippen LogP contribution in [-0.2, 0) is 11.4 Å². The van der Waals surface area contributed by atoms with Crippen molar-refractivity contribution in [2.24, 2.45) is 0 Å². The van der Waals surface area contributed by atoms with E-state index in [4.69, 9.17) is 21.1 Å². The third kappa shape index (κ3) is 5.27. The van der Waals surface area contributed by atoms with Gasteiger partial charge in [-0.3, -0.25) is 14.9 Å². The molecule has 0 aliphatic carbocycles. The summed E-state index contributed by atoms with van der Waals surface area (Å²) in [4.78, 5) is 12.6. The monoisotopic (exact) mass is 435 g/mol. The van der Waals surface area contributed by atoms with E-state index in [1.165, 1.54) is 13.2 Å². The lowest BCUT2D eigenvalue weighted by molar-refractivity contribution is -0.113. The summed E-state index contributed by atoms with van der Waals surface area (Å²) in [6, 6.07) is 18.4. The summed E-state index contributed by atoms with van der Waals surface area (Å²) in [5.41, 5.74) is 5.92. The molecular formula is C24H22ClN3O3. The molecule has 0 spiro atoms. The molecule has 1 amide bonds. The molecule has 0 saturated heterocycles. The summed E-state index contributed by atoms with van der Waals surface area (Å²) in [5.74, 6) is 0.514. The number of ether oxygens (including phenoxy) is 2. The molecule has 3 aromatic rings. The van der Waals surface area contributed by atoms with E-state index >= 15 is 0 Å². The number of nitrogens with zero attached hydrogens (tertiary/aromatic N) is 2. The molecule has 2 aromatic carbocycles. The zero-order valence-electron chi connectivity index (χ0n) is 17.5. The fraction of sp³-hybridized carbons (Fsp3) is 0.167. The molecule has 0 aliphatic heterocycles. The van der Waals surface area contributed by atoms with E-state index in [2.05, 4.69) is 5.43 Å². The van der Waals surface area contributed by atoms with Crippen molar-refractivity contribution >= 4 is 23.6 Å². The van der Waals surface area contributed by atoms with E-state index in [0.29, 0.717) is 22.1 Å². The second kappa shape index (κ2) is 9.88. The van der Waals surface area contributed by atoms with Crippen molar-refractivity contribution < 1.29 is 14.3 Å². The molecule has 1 heterocycles. The highest BCUT2D eigenvalue weighted by atomic mass is 35.5. The lowest BCUT2D eigenvalue weighted by Crippen LogP contribution is -2.25. The highest BCUT2D eigenvalue weighted by Crippen LogP contribution is 2.30. The Morgan fingerprint density at radius 2 is 1.84 bits per heavy atom. The highest BCUT2D eigenvalue weighted by Gasteiger charge is 2.13. The van der Waals surface area contributed by atoms with E-state index in [1.54, 1.807) is 28.9 Å². The van der Waals surface area contributed by atoms with Crippen LogP contribution in [0.25, 0.3) is 6.08 Å². The van der Waals surface area contributed by atoms with Gasteiger partial charge in [-0.2, -0.15) is 5.26 Å². The number of benzene rings is 2. The van der Waals surface area contributed by atoms with Crippen LogP contribution in [0.4, 0.5) is 0 Å². The Hall–Kier alpha value is -3.69. The minimum atomic E-state index is -0.497. The molecule has 7 heteroatoms. The van der Waals surface area contributed by atoms with Gasteiger partial charge in [-0.05, 0) is 55.8 Å². The Morgan fingerprint density at radius 3 is 2.48 bits per heavy atom. The van der Waals surface area contributed by atoms with Gasteiger partial charge in [0.15, 0.2) is 11.5 Å². The van der Waals surface area contributed by atoms with Gasteiger partial charge in [0.2, 0.25) is 0 Å². The number of carbonyl (C=O) groups excluding carboxylic acids is 1. The number of nitrogens with one attached hydrogen (secondary N) is 1. The average molecular weight is 436 g/mol. The summed E-state index contributed by atoms with van der Waals surface area (Å²) in [6.07, 6.45) is 1.50. The van der Waals surface area contributed by atoms with E-state index < -0.39 is 5.91 Å². The number of rotatable bonds is 7. The zero-order valence-corrected chi connectivity index (χ0v) is 18.2. The minimum Gasteiger partial charge on any atom is -0.493 e. The maximum Gasteiger partial charge on any atom is 0.280 e. The van der Waals surface area contributed by atoms with Crippen LogP contribution in [0.5, 0.6) is 11.5 Å². The second-order valence-corrected chi connectivity index (χ2v) is 7.26. The van der Waals surface area contributed by atoms with Crippen molar-refractivity contribution in [1.82, 2.24) is 4.68 Å². The molecule has 6 nitrogen and oxygen atoms in total. The molecule has 0 bridgehead atoms. The Labute approximate surface area is 186 Å². The summed E-state index contributed by atoms with van der Waals surface area (Å²) in [6.45, 7) is 4.02. The van der Waals surface area contributed by atoms with E-state index in [9.17, 15) is 10.1 Å². The van der Waals surface area contributed by atoms with Crippen molar-refractivity contribution in [1.29, 1.82) is 5.26 Å². The minimum absolute atomic E-state index is 0.0284. The van der Waals surface area contributed by atoms with E-state index in [1.807, 2.05) is 50.2 Å². The number of aromatic nitrogens is 1. The van der Waals surface area contributed by atoms with Crippen LogP contribution in [0.15, 0.2) is 60.2 Å². The Morgan fingerprint density at radius 1 is 1.13 bits per heavy atom. The zero-order chi connectivity index (χ0) is 22.4. The number of hydrogen-bond acceptors (Lipinski definition) is 4. The number of nitriles is 1. The molecule has 0 fully saturated rings. The van der Waals surface area contributed by atoms with Crippen LogP contribution in [0.2, 0.25) is 5.02 Å². The quantitative estimate of drug-likeness (QED) is 0.417. The summed E-state index contributed by atoms with van der Waals surface area (Å²) < 4.78 is 12.9. The number of carbonyl (C=O) groups is 1. The van der Waals surface area contributed by atoms with Crippen LogP contribution in [0, 0.1) is 25.2 Å². The van der Waals surface area contributed by atoms with Crippen LogP contribution in [-0.4, -0.2) is 17.7 Å². The number of hydrogen-bond donors (Lipinski definition) is 1. The fourth-order valence-corrected chi connectivity index (χ4v) is 3.18. The SMILES string of the molecule is COc1cc(/C=C(/C#N)C(=O)Nn2c(C)ccc2C)ccc1OCc1ccccc1Cl. The lowest BCUT2D eigenvalue weighted by Gasteiger charge is -2.13. The average Bonchev–Trinajstić information content (AvgIpc) is 3.09. The van der Waals surface area contributed by atoms with Crippen LogP contribution < -0.4 is 14.9 Å². The Balaban J connectivity index is 1.78. The second-order valence-electron chi connectivity index (χ2n) is 6.85. The smallest absolute Gasteiger partial charge is 0.280 e. The fourth-order valence-electron chi connectivity index (χ4n) is 2.99. The van der Waals surface area contributed by atoms with Crippen LogP contribution in [0.1, 0.15) is 22.5 Å². The van der Waals surface area contributed by atoms with E-state index in [-0.39, 0.29) is 12.2 Å². The summed E-state index contributed by atoms with van der Waals surface area (Å²) in [5, 5.41) is 10.1.